The third-order valence-corrected chi connectivity index (χ3v) is 6.10. The van der Waals surface area contributed by atoms with Crippen molar-refractivity contribution in [1.82, 2.24) is 14.7 Å². The minimum absolute atomic E-state index is 0.0663. The summed E-state index contributed by atoms with van der Waals surface area (Å²) in [6.07, 6.45) is 0. The van der Waals surface area contributed by atoms with Crippen LogP contribution in [0.2, 0.25) is 0 Å². The van der Waals surface area contributed by atoms with Crippen LogP contribution in [-0.4, -0.2) is 43.9 Å². The van der Waals surface area contributed by atoms with E-state index in [9.17, 15) is 24.5 Å². The van der Waals surface area contributed by atoms with Gasteiger partial charge in [-0.2, -0.15) is 0 Å². The molecule has 1 heterocycles. The van der Waals surface area contributed by atoms with Crippen molar-refractivity contribution in [2.75, 3.05) is 6.54 Å². The SMILES string of the molecule is Cc1ccc(C(=O)N(CC(=O)c2c(-c3ccccc3)[nH]n(-c3ccccc3)c2=O)C(C)C)cc1[N+](=O)[O-]. The van der Waals surface area contributed by atoms with E-state index in [-0.39, 0.29) is 23.4 Å². The molecule has 0 bridgehead atoms. The summed E-state index contributed by atoms with van der Waals surface area (Å²) in [7, 11) is 0. The standard InChI is InChI=1S/C28H26N4O5/c1-18(2)30(27(34)21-15-14-19(3)23(16-21)32(36)37)17-24(33)25-26(20-10-6-4-7-11-20)29-31(28(25)35)22-12-8-5-9-13-22/h4-16,18,29H,17H2,1-3H3. The largest absolute Gasteiger partial charge is 0.329 e. The minimum atomic E-state index is -0.547. The number of hydrogen-bond donors (Lipinski definition) is 1. The zero-order chi connectivity index (χ0) is 26.7. The van der Waals surface area contributed by atoms with Gasteiger partial charge in [0.2, 0.25) is 0 Å². The number of aromatic amines is 1. The molecule has 188 valence electrons. The lowest BCUT2D eigenvalue weighted by Gasteiger charge is -2.26. The van der Waals surface area contributed by atoms with E-state index in [1.807, 2.05) is 12.1 Å². The van der Waals surface area contributed by atoms with Crippen LogP contribution in [-0.2, 0) is 0 Å². The fraction of sp³-hybridized carbons (Fsp3) is 0.179. The highest BCUT2D eigenvalue weighted by Crippen LogP contribution is 2.23. The number of ketones is 1. The van der Waals surface area contributed by atoms with E-state index in [1.165, 1.54) is 27.8 Å². The Labute approximate surface area is 213 Å². The van der Waals surface area contributed by atoms with Crippen molar-refractivity contribution in [3.8, 4) is 16.9 Å². The van der Waals surface area contributed by atoms with Gasteiger partial charge in [-0.1, -0.05) is 54.6 Å². The highest BCUT2D eigenvalue weighted by Gasteiger charge is 2.29. The van der Waals surface area contributed by atoms with Crippen LogP contribution in [0.1, 0.15) is 40.1 Å². The first-order chi connectivity index (χ1) is 17.7. The molecule has 4 aromatic rings. The van der Waals surface area contributed by atoms with Crippen molar-refractivity contribution >= 4 is 17.4 Å². The van der Waals surface area contributed by atoms with Gasteiger partial charge in [-0.15, -0.1) is 0 Å². The highest BCUT2D eigenvalue weighted by molar-refractivity contribution is 6.05. The highest BCUT2D eigenvalue weighted by atomic mass is 16.6. The van der Waals surface area contributed by atoms with Gasteiger partial charge in [-0.25, -0.2) is 4.68 Å². The maximum Gasteiger partial charge on any atom is 0.282 e. The van der Waals surface area contributed by atoms with Crippen LogP contribution in [0, 0.1) is 17.0 Å². The van der Waals surface area contributed by atoms with E-state index in [4.69, 9.17) is 0 Å². The van der Waals surface area contributed by atoms with Crippen molar-refractivity contribution in [2.45, 2.75) is 26.8 Å². The third kappa shape index (κ3) is 5.11. The Kier molecular flexibility index (Phi) is 7.15. The average Bonchev–Trinajstić information content (AvgIpc) is 3.24. The number of nitro benzene ring substituents is 1. The molecule has 0 atom stereocenters. The van der Waals surface area contributed by atoms with E-state index in [0.717, 1.165) is 0 Å². The first-order valence-electron chi connectivity index (χ1n) is 11.7. The number of rotatable bonds is 8. The molecular weight excluding hydrogens is 472 g/mol. The molecule has 9 heteroatoms. The summed E-state index contributed by atoms with van der Waals surface area (Å²) in [5, 5.41) is 14.4. The zero-order valence-electron chi connectivity index (χ0n) is 20.7. The molecule has 0 saturated carbocycles. The first kappa shape index (κ1) is 25.3. The van der Waals surface area contributed by atoms with Crippen molar-refractivity contribution in [3.63, 3.8) is 0 Å². The second kappa shape index (κ2) is 10.4. The van der Waals surface area contributed by atoms with Crippen LogP contribution >= 0.6 is 0 Å². The van der Waals surface area contributed by atoms with Crippen LogP contribution in [0.25, 0.3) is 16.9 Å². The molecule has 1 amide bonds. The van der Waals surface area contributed by atoms with Crippen molar-refractivity contribution in [2.24, 2.45) is 0 Å². The Bertz CT molecular complexity index is 1520. The number of nitrogens with zero attached hydrogens (tertiary/aromatic N) is 3. The van der Waals surface area contributed by atoms with Gasteiger partial charge in [0.15, 0.2) is 5.78 Å². The second-order valence-electron chi connectivity index (χ2n) is 8.91. The number of carbonyl (C=O) groups excluding carboxylic acids is 2. The van der Waals surface area contributed by atoms with E-state index in [2.05, 4.69) is 5.10 Å². The smallest absolute Gasteiger partial charge is 0.282 e. The molecule has 0 aliphatic carbocycles. The maximum atomic E-state index is 13.6. The minimum Gasteiger partial charge on any atom is -0.329 e. The number of benzene rings is 3. The molecule has 3 aromatic carbocycles. The molecule has 4 rings (SSSR count). The molecule has 0 aliphatic rings. The third-order valence-electron chi connectivity index (χ3n) is 6.10. The summed E-state index contributed by atoms with van der Waals surface area (Å²) >= 11 is 0. The van der Waals surface area contributed by atoms with E-state index in [1.54, 1.807) is 69.3 Å². The summed E-state index contributed by atoms with van der Waals surface area (Å²) in [5.74, 6) is -1.08. The monoisotopic (exact) mass is 498 g/mol. The second-order valence-corrected chi connectivity index (χ2v) is 8.91. The van der Waals surface area contributed by atoms with Gasteiger partial charge in [0.25, 0.3) is 17.2 Å². The van der Waals surface area contributed by atoms with Crippen molar-refractivity contribution in [3.05, 3.63) is 116 Å². The molecule has 0 spiro atoms. The Morgan fingerprint density at radius 1 is 1.00 bits per heavy atom. The summed E-state index contributed by atoms with van der Waals surface area (Å²) in [6.45, 7) is 4.70. The molecular formula is C28H26N4O5. The Morgan fingerprint density at radius 3 is 2.22 bits per heavy atom. The van der Waals surface area contributed by atoms with Gasteiger partial charge < -0.3 is 4.90 Å². The molecule has 1 aromatic heterocycles. The predicted molar refractivity (Wildman–Crippen MR) is 140 cm³/mol. The number of aromatic nitrogens is 2. The summed E-state index contributed by atoms with van der Waals surface area (Å²) in [4.78, 5) is 52.6. The lowest BCUT2D eigenvalue weighted by Crippen LogP contribution is -2.41. The Balaban J connectivity index is 1.75. The van der Waals surface area contributed by atoms with Crippen molar-refractivity contribution < 1.29 is 14.5 Å². The average molecular weight is 499 g/mol. The quantitative estimate of drug-likeness (QED) is 0.213. The number of para-hydroxylation sites is 1. The van der Waals surface area contributed by atoms with Gasteiger partial charge in [0, 0.05) is 28.8 Å². The maximum absolute atomic E-state index is 13.6. The summed E-state index contributed by atoms with van der Waals surface area (Å²) < 4.78 is 1.31. The molecule has 0 saturated heterocycles. The van der Waals surface area contributed by atoms with Crippen LogP contribution < -0.4 is 5.56 Å². The van der Waals surface area contributed by atoms with Gasteiger partial charge in [0.1, 0.15) is 5.56 Å². The number of nitrogens with one attached hydrogen (secondary N) is 1. The number of nitro groups is 1. The summed E-state index contributed by atoms with van der Waals surface area (Å²) in [5.41, 5.74) is 1.31. The number of Topliss-reactive ketones (excluding diaryl/α,β-unsaturated/α-hetero) is 1. The van der Waals surface area contributed by atoms with Gasteiger partial charge in [-0.05, 0) is 39.0 Å². The van der Waals surface area contributed by atoms with Crippen LogP contribution in [0.4, 0.5) is 5.69 Å². The van der Waals surface area contributed by atoms with Crippen molar-refractivity contribution in [1.29, 1.82) is 0 Å². The van der Waals surface area contributed by atoms with Crippen LogP contribution in [0.5, 0.6) is 0 Å². The van der Waals surface area contributed by atoms with Gasteiger partial charge in [0.05, 0.1) is 22.8 Å². The molecule has 37 heavy (non-hydrogen) atoms. The Hall–Kier alpha value is -4.79. The Morgan fingerprint density at radius 2 is 1.62 bits per heavy atom. The molecule has 0 radical (unpaired) electrons. The molecule has 9 nitrogen and oxygen atoms in total. The summed E-state index contributed by atoms with van der Waals surface area (Å²) in [6, 6.07) is 21.7. The fourth-order valence-electron chi connectivity index (χ4n) is 4.10. The zero-order valence-corrected chi connectivity index (χ0v) is 20.7. The lowest BCUT2D eigenvalue weighted by molar-refractivity contribution is -0.385. The number of hydrogen-bond acceptors (Lipinski definition) is 5. The van der Waals surface area contributed by atoms with E-state index >= 15 is 0 Å². The molecule has 0 unspecified atom stereocenters. The topological polar surface area (TPSA) is 118 Å². The van der Waals surface area contributed by atoms with Crippen LogP contribution in [0.15, 0.2) is 83.7 Å². The number of amides is 1. The molecule has 0 aliphatic heterocycles. The lowest BCUT2D eigenvalue weighted by atomic mass is 10.0. The number of aryl methyl sites for hydroxylation is 1. The predicted octanol–water partition coefficient (Wildman–Crippen LogP) is 4.78. The first-order valence-corrected chi connectivity index (χ1v) is 11.7. The van der Waals surface area contributed by atoms with E-state index in [0.29, 0.717) is 22.5 Å². The van der Waals surface area contributed by atoms with Gasteiger partial charge >= 0.3 is 0 Å². The normalized spacial score (nSPS) is 10.9. The van der Waals surface area contributed by atoms with Crippen LogP contribution in [0.3, 0.4) is 0 Å². The molecule has 0 fully saturated rings. The number of H-pyrrole nitrogens is 1. The molecule has 1 N–H and O–H groups in total. The fourth-order valence-corrected chi connectivity index (χ4v) is 4.10. The van der Waals surface area contributed by atoms with E-state index < -0.39 is 28.2 Å². The number of carbonyl (C=O) groups is 2. The van der Waals surface area contributed by atoms with Gasteiger partial charge in [-0.3, -0.25) is 29.6 Å².